The average molecular weight is 448 g/mol. The summed E-state index contributed by atoms with van der Waals surface area (Å²) in [7, 11) is 0. The van der Waals surface area contributed by atoms with E-state index in [1.807, 2.05) is 0 Å². The Hall–Kier alpha value is -2.80. The molecule has 0 amide bonds. The van der Waals surface area contributed by atoms with Crippen LogP contribution in [0.3, 0.4) is 0 Å². The van der Waals surface area contributed by atoms with Crippen molar-refractivity contribution in [2.45, 2.75) is 77.8 Å². The molecule has 0 N–H and O–H groups in total. The largest absolute Gasteiger partial charge is 0.357 e. The Morgan fingerprint density at radius 2 is 1.76 bits per heavy atom. The molecule has 2 unspecified atom stereocenters. The maximum Gasteiger partial charge on any atom is 0.0739 e. The lowest BCUT2D eigenvalue weighted by atomic mass is 9.64. The highest BCUT2D eigenvalue weighted by Gasteiger charge is 2.47. The molecule has 34 heavy (non-hydrogen) atoms. The van der Waals surface area contributed by atoms with Gasteiger partial charge in [-0.2, -0.15) is 0 Å². The summed E-state index contributed by atoms with van der Waals surface area (Å²) in [6, 6.07) is 24.1. The van der Waals surface area contributed by atoms with Crippen molar-refractivity contribution in [3.8, 4) is 11.1 Å². The van der Waals surface area contributed by atoms with Gasteiger partial charge in [-0.15, -0.1) is 0 Å². The fourth-order valence-electron chi connectivity index (χ4n) is 6.90. The molecular formula is C33H37N. The van der Waals surface area contributed by atoms with E-state index in [0.717, 1.165) is 6.42 Å². The number of fused-ring (bicyclic) bond motifs is 4. The summed E-state index contributed by atoms with van der Waals surface area (Å²) in [4.78, 5) is 2.81. The number of hydrogen-bond donors (Lipinski definition) is 0. The van der Waals surface area contributed by atoms with Gasteiger partial charge in [0.25, 0.3) is 0 Å². The van der Waals surface area contributed by atoms with Crippen LogP contribution in [-0.4, -0.2) is 6.04 Å². The highest BCUT2D eigenvalue weighted by atomic mass is 15.2. The summed E-state index contributed by atoms with van der Waals surface area (Å²) >= 11 is 0. The first-order valence-electron chi connectivity index (χ1n) is 13.4. The minimum atomic E-state index is 0.371. The predicted molar refractivity (Wildman–Crippen MR) is 145 cm³/mol. The molecule has 174 valence electrons. The first kappa shape index (κ1) is 21.7. The molecule has 0 bridgehead atoms. The Kier molecular flexibility index (Phi) is 5.40. The molecule has 0 saturated heterocycles. The van der Waals surface area contributed by atoms with E-state index in [9.17, 15) is 0 Å². The van der Waals surface area contributed by atoms with Crippen LogP contribution in [0.4, 0.5) is 5.69 Å². The third kappa shape index (κ3) is 3.35. The zero-order valence-corrected chi connectivity index (χ0v) is 21.1. The molecule has 2 heterocycles. The topological polar surface area (TPSA) is 3.24 Å². The summed E-state index contributed by atoms with van der Waals surface area (Å²) in [6.45, 7) is 9.40. The molecule has 3 aromatic carbocycles. The Bertz CT molecular complexity index is 1250. The first-order chi connectivity index (χ1) is 16.6. The van der Waals surface area contributed by atoms with Crippen molar-refractivity contribution in [2.75, 3.05) is 4.90 Å². The lowest BCUT2D eigenvalue weighted by Crippen LogP contribution is -2.51. The van der Waals surface area contributed by atoms with E-state index in [1.165, 1.54) is 59.2 Å². The summed E-state index contributed by atoms with van der Waals surface area (Å²) < 4.78 is 0. The second-order valence-electron chi connectivity index (χ2n) is 11.0. The summed E-state index contributed by atoms with van der Waals surface area (Å²) in [5.74, 6) is 1.32. The molecule has 0 spiro atoms. The van der Waals surface area contributed by atoms with Gasteiger partial charge in [-0.05, 0) is 82.7 Å². The van der Waals surface area contributed by atoms with Crippen LogP contribution in [0.5, 0.6) is 0 Å². The van der Waals surface area contributed by atoms with Crippen molar-refractivity contribution < 1.29 is 0 Å². The molecule has 1 heteroatoms. The molecule has 2 aliphatic heterocycles. The lowest BCUT2D eigenvalue weighted by Gasteiger charge is -2.54. The van der Waals surface area contributed by atoms with Crippen molar-refractivity contribution >= 4 is 11.3 Å². The van der Waals surface area contributed by atoms with Crippen LogP contribution in [0.25, 0.3) is 16.7 Å². The summed E-state index contributed by atoms with van der Waals surface area (Å²) in [6.07, 6.45) is 8.62. The maximum absolute atomic E-state index is 2.81. The number of hydrogen-bond acceptors (Lipinski definition) is 1. The van der Waals surface area contributed by atoms with Crippen molar-refractivity contribution in [3.63, 3.8) is 0 Å². The van der Waals surface area contributed by atoms with Gasteiger partial charge in [0.05, 0.1) is 6.04 Å². The Morgan fingerprint density at radius 3 is 2.50 bits per heavy atom. The van der Waals surface area contributed by atoms with Crippen LogP contribution < -0.4 is 4.90 Å². The second-order valence-corrected chi connectivity index (χ2v) is 11.0. The van der Waals surface area contributed by atoms with E-state index >= 15 is 0 Å². The molecule has 0 fully saturated rings. The standard InChI is InChI=1S/C33H37N/c1-5-10-22-16-26-19-29-30(6-2)34-31-14-13-24(23-11-8-7-9-12-23)18-27(31)25(15-21(3)4)20-32(34)28(17-22)33(26)29/h7-9,11-14,16-18,20-21,29-30,32H,5-6,10,15,19H2,1-4H3/t29?,30-,32?/m0/s1. The van der Waals surface area contributed by atoms with Crippen LogP contribution in [-0.2, 0) is 12.8 Å². The van der Waals surface area contributed by atoms with Gasteiger partial charge in [-0.3, -0.25) is 0 Å². The molecule has 6 rings (SSSR count). The zero-order valence-electron chi connectivity index (χ0n) is 21.1. The minimum absolute atomic E-state index is 0.371. The molecule has 0 aromatic heterocycles. The van der Waals surface area contributed by atoms with Crippen molar-refractivity contribution in [2.24, 2.45) is 5.92 Å². The average Bonchev–Trinajstić information content (AvgIpc) is 2.83. The van der Waals surface area contributed by atoms with E-state index in [1.54, 1.807) is 16.7 Å². The molecule has 1 aliphatic carbocycles. The molecule has 1 nitrogen and oxygen atoms in total. The normalized spacial score (nSPS) is 22.0. The molecule has 3 aromatic rings. The minimum Gasteiger partial charge on any atom is -0.357 e. The highest BCUT2D eigenvalue weighted by molar-refractivity contribution is 5.86. The predicted octanol–water partition coefficient (Wildman–Crippen LogP) is 8.73. The third-order valence-electron chi connectivity index (χ3n) is 8.28. The smallest absolute Gasteiger partial charge is 0.0739 e. The van der Waals surface area contributed by atoms with E-state index in [2.05, 4.69) is 99.3 Å². The highest BCUT2D eigenvalue weighted by Crippen LogP contribution is 2.56. The number of rotatable bonds is 6. The summed E-state index contributed by atoms with van der Waals surface area (Å²) in [5.41, 5.74) is 13.5. The summed E-state index contributed by atoms with van der Waals surface area (Å²) in [5, 5.41) is 0. The van der Waals surface area contributed by atoms with Gasteiger partial charge in [0.1, 0.15) is 0 Å². The second kappa shape index (κ2) is 8.45. The van der Waals surface area contributed by atoms with E-state index < -0.39 is 0 Å². The Morgan fingerprint density at radius 1 is 0.941 bits per heavy atom. The zero-order chi connectivity index (χ0) is 23.4. The molecule has 0 saturated carbocycles. The quantitative estimate of drug-likeness (QED) is 0.365. The fourth-order valence-corrected chi connectivity index (χ4v) is 6.90. The number of nitrogens with zero attached hydrogens (tertiary/aromatic N) is 1. The van der Waals surface area contributed by atoms with E-state index in [-0.39, 0.29) is 0 Å². The van der Waals surface area contributed by atoms with Gasteiger partial charge in [0, 0.05) is 23.2 Å². The number of benzene rings is 3. The van der Waals surface area contributed by atoms with Crippen LogP contribution in [0.15, 0.2) is 66.7 Å². The van der Waals surface area contributed by atoms with Crippen molar-refractivity contribution in [3.05, 3.63) is 94.6 Å². The van der Waals surface area contributed by atoms with Gasteiger partial charge in [-0.25, -0.2) is 0 Å². The van der Waals surface area contributed by atoms with Crippen LogP contribution in [0, 0.1) is 5.92 Å². The number of allylic oxidation sites excluding steroid dienone is 1. The maximum atomic E-state index is 2.81. The lowest BCUT2D eigenvalue weighted by molar-refractivity contribution is 0.388. The SMILES string of the molecule is CCCc1cc2c3c(c1)C1C=C(CC(C)C)c4cc(-c5ccccc5)ccc4N1[C@@H](CC)C3C2. The third-order valence-corrected chi connectivity index (χ3v) is 8.28. The van der Waals surface area contributed by atoms with E-state index in [0.29, 0.717) is 23.9 Å². The van der Waals surface area contributed by atoms with Gasteiger partial charge >= 0.3 is 0 Å². The van der Waals surface area contributed by atoms with Crippen LogP contribution in [0.1, 0.15) is 86.7 Å². The van der Waals surface area contributed by atoms with Gasteiger partial charge < -0.3 is 4.90 Å². The molecule has 0 radical (unpaired) electrons. The van der Waals surface area contributed by atoms with Crippen LogP contribution in [0.2, 0.25) is 0 Å². The molecule has 3 aliphatic rings. The Labute approximate surface area is 205 Å². The monoisotopic (exact) mass is 447 g/mol. The molecule has 3 atom stereocenters. The van der Waals surface area contributed by atoms with Gasteiger partial charge in [-0.1, -0.05) is 88.7 Å². The van der Waals surface area contributed by atoms with Crippen LogP contribution >= 0.6 is 0 Å². The van der Waals surface area contributed by atoms with Crippen molar-refractivity contribution in [1.29, 1.82) is 0 Å². The van der Waals surface area contributed by atoms with Gasteiger partial charge in [0.2, 0.25) is 0 Å². The number of aryl methyl sites for hydroxylation is 1. The van der Waals surface area contributed by atoms with Crippen molar-refractivity contribution in [1.82, 2.24) is 0 Å². The Balaban J connectivity index is 1.54. The molecular weight excluding hydrogens is 410 g/mol. The number of anilines is 1. The van der Waals surface area contributed by atoms with E-state index in [4.69, 9.17) is 0 Å². The van der Waals surface area contributed by atoms with Gasteiger partial charge in [0.15, 0.2) is 0 Å². The first-order valence-corrected chi connectivity index (χ1v) is 13.4. The fraction of sp³-hybridized carbons (Fsp3) is 0.394.